The van der Waals surface area contributed by atoms with Crippen molar-refractivity contribution in [1.82, 2.24) is 0 Å². The number of hydrogen-bond acceptors (Lipinski definition) is 17. The molecule has 588 valence electrons. The molecule has 0 unspecified atom stereocenters. The number of benzene rings is 16. The topological polar surface area (TPSA) is 338 Å². The fourth-order valence-electron chi connectivity index (χ4n) is 9.41. The maximum atomic E-state index is 10.5. The van der Waals surface area contributed by atoms with Crippen molar-refractivity contribution < 1.29 is 75.9 Å². The highest BCUT2D eigenvalue weighted by Gasteiger charge is 2.08. The quantitative estimate of drug-likeness (QED) is 0.0442. The standard InChI is InChI=1S/C12H10O2.C10H7BrO.C10H7ClO.C10H7IO.C10H7NO3.C7H8O2.C7H8O.C6H5BrO.C6H5ClO.C6H5IO.C6H5NO3/c13-11-5-1-9(2-6-11)10-3-7-12(14)8-4-10;3*11-8-4-5-9-7(6-8)2-1-3-10(9)12;12-10-3-1-2-7-6-8(11(13)14)4-5-9(7)10;1-9-7-4-2-6(8)3-5-7;1-6-2-4-7(8)5-3-6;3*7-5-1-3-6(8)4-2-5;8-6-3-1-5(2-4-6)7(9)10/h1-8,13-14H;3*1-6,12H;1-6,12H;2-5,8H,1H3;2-5,8H,1H3;3*1-4,8H;1-4,8H. The Bertz CT molecular complexity index is 5200. The van der Waals surface area contributed by atoms with Gasteiger partial charge in [0.1, 0.15) is 74.7 Å². The van der Waals surface area contributed by atoms with Crippen molar-refractivity contribution in [2.24, 2.45) is 0 Å². The van der Waals surface area contributed by atoms with E-state index in [1.54, 1.807) is 183 Å². The smallest absolute Gasteiger partial charge is 0.270 e. The molecule has 0 aliphatic carbocycles. The molecule has 0 aliphatic heterocycles. The third kappa shape index (κ3) is 33.5. The van der Waals surface area contributed by atoms with Crippen LogP contribution in [0.2, 0.25) is 10.0 Å². The molecule has 0 aromatic heterocycles. The second-order valence-electron chi connectivity index (χ2n) is 23.7. The van der Waals surface area contributed by atoms with Gasteiger partial charge >= 0.3 is 0 Å². The normalized spacial score (nSPS) is 9.77. The maximum absolute atomic E-state index is 10.5. The van der Waals surface area contributed by atoms with Crippen LogP contribution in [0.1, 0.15) is 5.56 Å². The number of fused-ring (bicyclic) bond motifs is 4. The fourth-order valence-corrected chi connectivity index (χ4v) is 11.2. The number of phenolic OH excluding ortho intramolecular Hbond substituents is 12. The summed E-state index contributed by atoms with van der Waals surface area (Å²) in [6, 6.07) is 95.8. The van der Waals surface area contributed by atoms with Crippen LogP contribution in [0.15, 0.2) is 349 Å². The Labute approximate surface area is 715 Å². The third-order valence-corrected chi connectivity index (χ3v) is 18.1. The van der Waals surface area contributed by atoms with Gasteiger partial charge in [-0.05, 0) is 315 Å². The molecule has 19 nitrogen and oxygen atoms in total. The molecule has 0 amide bonds. The number of nitro groups is 2. The van der Waals surface area contributed by atoms with Gasteiger partial charge in [-0.15, -0.1) is 0 Å². The van der Waals surface area contributed by atoms with Crippen molar-refractivity contribution in [1.29, 1.82) is 0 Å². The molecule has 12 N–H and O–H groups in total. The van der Waals surface area contributed by atoms with Gasteiger partial charge in [0, 0.05) is 71.9 Å². The Balaban J connectivity index is 0.000000198. The third-order valence-electron chi connectivity index (χ3n) is 15.2. The van der Waals surface area contributed by atoms with Crippen molar-refractivity contribution in [2.45, 2.75) is 6.92 Å². The fraction of sp³-hybridized carbons (Fsp3) is 0.0222. The molecular formula is C90H74Br2Cl2I2N2O17. The number of aryl methyl sites for hydroxylation is 1. The molecular weight excluding hydrogens is 1870 g/mol. The van der Waals surface area contributed by atoms with E-state index in [2.05, 4.69) is 83.1 Å². The van der Waals surface area contributed by atoms with Crippen LogP contribution in [-0.4, -0.2) is 78.2 Å². The Morgan fingerprint density at radius 2 is 0.591 bits per heavy atom. The molecule has 16 aromatic carbocycles. The van der Waals surface area contributed by atoms with Gasteiger partial charge in [-0.25, -0.2) is 0 Å². The summed E-state index contributed by atoms with van der Waals surface area (Å²) < 4.78 is 9.19. The summed E-state index contributed by atoms with van der Waals surface area (Å²) in [5, 5.41) is 137. The number of non-ortho nitro benzene ring substituents is 2. The van der Waals surface area contributed by atoms with E-state index < -0.39 is 9.85 Å². The van der Waals surface area contributed by atoms with E-state index in [-0.39, 0.29) is 45.9 Å². The van der Waals surface area contributed by atoms with E-state index in [0.29, 0.717) is 55.3 Å². The number of methoxy groups -OCH3 is 1. The molecule has 0 saturated carbocycles. The first kappa shape index (κ1) is 91.6. The minimum atomic E-state index is -0.514. The summed E-state index contributed by atoms with van der Waals surface area (Å²) in [6.45, 7) is 1.99. The Morgan fingerprint density at radius 1 is 0.304 bits per heavy atom. The van der Waals surface area contributed by atoms with Crippen LogP contribution in [-0.2, 0) is 0 Å². The molecule has 25 heteroatoms. The molecule has 0 aliphatic rings. The molecule has 0 fully saturated rings. The summed E-state index contributed by atoms with van der Waals surface area (Å²) >= 11 is 22.3. The molecule has 0 bridgehead atoms. The largest absolute Gasteiger partial charge is 0.508 e. The number of halogens is 6. The highest BCUT2D eigenvalue weighted by molar-refractivity contribution is 14.1. The number of nitro benzene ring substituents is 2. The predicted molar refractivity (Wildman–Crippen MR) is 482 cm³/mol. The highest BCUT2D eigenvalue weighted by Crippen LogP contribution is 2.32. The maximum Gasteiger partial charge on any atom is 0.270 e. The molecule has 0 radical (unpaired) electrons. The molecule has 0 spiro atoms. The number of rotatable bonds is 4. The molecule has 115 heavy (non-hydrogen) atoms. The van der Waals surface area contributed by atoms with Crippen LogP contribution < -0.4 is 4.74 Å². The number of hydrogen-bond donors (Lipinski definition) is 12. The minimum absolute atomic E-state index is 0.0159. The van der Waals surface area contributed by atoms with E-state index in [1.807, 2.05) is 128 Å². The Hall–Kier alpha value is -12.2. The van der Waals surface area contributed by atoms with Crippen molar-refractivity contribution in [3.05, 3.63) is 392 Å². The summed E-state index contributed by atoms with van der Waals surface area (Å²) in [5.41, 5.74) is 3.22. The van der Waals surface area contributed by atoms with Crippen LogP contribution in [0.3, 0.4) is 0 Å². The zero-order valence-corrected chi connectivity index (χ0v) is 69.9. The molecule has 0 saturated heterocycles. The SMILES string of the molecule is COc1ccc(O)cc1.Cc1ccc(O)cc1.O=[N+]([O-])c1ccc(O)cc1.O=[N+]([O-])c1ccc2c(O)cccc2c1.Oc1ccc(-c2ccc(O)cc2)cc1.Oc1ccc(Br)cc1.Oc1ccc(Cl)cc1.Oc1ccc(I)cc1.Oc1cccc2cc(Br)ccc12.Oc1cccc2cc(Cl)ccc12.Oc1cccc2cc(I)ccc12. The zero-order chi connectivity index (χ0) is 83.9. The average molecular weight is 1940 g/mol. The number of phenols is 12. The van der Waals surface area contributed by atoms with Gasteiger partial charge in [0.15, 0.2) is 0 Å². The lowest BCUT2D eigenvalue weighted by atomic mass is 10.1. The first-order chi connectivity index (χ1) is 54.9. The summed E-state index contributed by atoms with van der Waals surface area (Å²) in [6.07, 6.45) is 0. The van der Waals surface area contributed by atoms with Gasteiger partial charge in [0.2, 0.25) is 0 Å². The van der Waals surface area contributed by atoms with E-state index in [9.17, 15) is 40.7 Å². The van der Waals surface area contributed by atoms with Crippen molar-refractivity contribution >= 4 is 155 Å². The van der Waals surface area contributed by atoms with Gasteiger partial charge in [-0.1, -0.05) is 146 Å². The Kier molecular flexibility index (Phi) is 38.2. The predicted octanol–water partition coefficient (Wildman–Crippen LogP) is 25.5. The molecule has 16 rings (SSSR count). The van der Waals surface area contributed by atoms with Gasteiger partial charge in [-0.2, -0.15) is 0 Å². The first-order valence-electron chi connectivity index (χ1n) is 33.9. The number of nitrogens with zero attached hydrogens (tertiary/aromatic N) is 2. The number of ether oxygens (including phenoxy) is 1. The van der Waals surface area contributed by atoms with Crippen molar-refractivity contribution in [3.8, 4) is 85.9 Å². The van der Waals surface area contributed by atoms with Crippen LogP contribution in [0.5, 0.6) is 74.7 Å². The van der Waals surface area contributed by atoms with Crippen LogP contribution >= 0.6 is 100 Å². The van der Waals surface area contributed by atoms with Gasteiger partial charge < -0.3 is 66.0 Å². The molecule has 16 aromatic rings. The highest BCUT2D eigenvalue weighted by atomic mass is 127. The van der Waals surface area contributed by atoms with E-state index >= 15 is 0 Å². The zero-order valence-electron chi connectivity index (χ0n) is 60.9. The summed E-state index contributed by atoms with van der Waals surface area (Å²) in [4.78, 5) is 19.5. The lowest BCUT2D eigenvalue weighted by molar-refractivity contribution is -0.385. The molecule has 0 atom stereocenters. The summed E-state index contributed by atoms with van der Waals surface area (Å²) in [7, 11) is 1.59. The van der Waals surface area contributed by atoms with Gasteiger partial charge in [0.05, 0.1) is 17.0 Å². The van der Waals surface area contributed by atoms with Gasteiger partial charge in [-0.3, -0.25) is 20.2 Å². The van der Waals surface area contributed by atoms with Crippen molar-refractivity contribution in [3.63, 3.8) is 0 Å². The molecule has 0 heterocycles. The summed E-state index contributed by atoms with van der Waals surface area (Å²) in [5.74, 6) is 3.88. The van der Waals surface area contributed by atoms with Crippen LogP contribution in [0.25, 0.3) is 54.2 Å². The van der Waals surface area contributed by atoms with Gasteiger partial charge in [0.25, 0.3) is 11.4 Å². The second-order valence-corrected chi connectivity index (χ2v) is 28.9. The van der Waals surface area contributed by atoms with E-state index in [1.165, 1.54) is 45.5 Å². The van der Waals surface area contributed by atoms with E-state index in [0.717, 1.165) is 61.7 Å². The monoisotopic (exact) mass is 1940 g/mol. The van der Waals surface area contributed by atoms with Crippen molar-refractivity contribution in [2.75, 3.05) is 7.11 Å². The average Bonchev–Trinajstić information content (AvgIpc) is 0.925. The minimum Gasteiger partial charge on any atom is -0.508 e. The lowest BCUT2D eigenvalue weighted by Crippen LogP contribution is -1.86. The Morgan fingerprint density at radius 3 is 0.965 bits per heavy atom. The van der Waals surface area contributed by atoms with Crippen LogP contribution in [0.4, 0.5) is 11.4 Å². The number of aromatic hydroxyl groups is 12. The van der Waals surface area contributed by atoms with Crippen LogP contribution in [0, 0.1) is 34.3 Å². The first-order valence-corrected chi connectivity index (χ1v) is 38.4. The second kappa shape index (κ2) is 48.0. The lowest BCUT2D eigenvalue weighted by Gasteiger charge is -2.01. The van der Waals surface area contributed by atoms with E-state index in [4.69, 9.17) is 68.8 Å².